The molecule has 0 spiro atoms. The van der Waals surface area contributed by atoms with Gasteiger partial charge in [-0.25, -0.2) is 0 Å². The number of primary amides is 1. The van der Waals surface area contributed by atoms with E-state index in [0.29, 0.717) is 13.2 Å². The molecule has 1 fully saturated rings. The predicted octanol–water partition coefficient (Wildman–Crippen LogP) is -0.987. The number of ether oxygens (including phenoxy) is 1. The molecule has 3 N–H and O–H groups in total. The zero-order valence-corrected chi connectivity index (χ0v) is 7.58. The highest BCUT2D eigenvalue weighted by molar-refractivity contribution is 5.87. The van der Waals surface area contributed by atoms with E-state index in [2.05, 4.69) is 5.32 Å². The van der Waals surface area contributed by atoms with E-state index in [0.717, 1.165) is 6.42 Å². The molecule has 74 valence electrons. The van der Waals surface area contributed by atoms with Gasteiger partial charge in [-0.3, -0.25) is 9.59 Å². The van der Waals surface area contributed by atoms with E-state index in [1.54, 1.807) is 6.92 Å². The van der Waals surface area contributed by atoms with E-state index in [9.17, 15) is 9.59 Å². The number of hydrogen-bond acceptors (Lipinski definition) is 3. The molecule has 13 heavy (non-hydrogen) atoms. The van der Waals surface area contributed by atoms with Crippen molar-refractivity contribution in [2.75, 3.05) is 13.2 Å². The zero-order chi connectivity index (χ0) is 9.84. The lowest BCUT2D eigenvalue weighted by molar-refractivity contribution is -0.129. The monoisotopic (exact) mass is 186 g/mol. The van der Waals surface area contributed by atoms with Crippen LogP contribution in [0.5, 0.6) is 0 Å². The number of nitrogens with two attached hydrogens (primary N) is 1. The predicted molar refractivity (Wildman–Crippen MR) is 45.7 cm³/mol. The minimum atomic E-state index is -0.604. The van der Waals surface area contributed by atoms with Crippen LogP contribution in [-0.4, -0.2) is 31.1 Å². The van der Waals surface area contributed by atoms with E-state index >= 15 is 0 Å². The van der Waals surface area contributed by atoms with Crippen molar-refractivity contribution in [1.82, 2.24) is 5.32 Å². The number of nitrogens with one attached hydrogen (secondary N) is 1. The maximum absolute atomic E-state index is 11.4. The zero-order valence-electron chi connectivity index (χ0n) is 7.58. The minimum Gasteiger partial charge on any atom is -0.381 e. The average molecular weight is 186 g/mol. The van der Waals surface area contributed by atoms with Crippen molar-refractivity contribution in [3.63, 3.8) is 0 Å². The molecule has 0 aromatic rings. The standard InChI is InChI=1S/C8H14N2O3/c1-5(7(9)11)10-8(12)6-2-3-13-4-6/h5-6H,2-4H2,1H3,(H2,9,11)(H,10,12)/t5-,6-/m1/s1. The van der Waals surface area contributed by atoms with Gasteiger partial charge in [0, 0.05) is 6.61 Å². The lowest BCUT2D eigenvalue weighted by Crippen LogP contribution is -2.44. The number of carbonyl (C=O) groups excluding carboxylic acids is 2. The van der Waals surface area contributed by atoms with Crippen LogP contribution in [0.4, 0.5) is 0 Å². The van der Waals surface area contributed by atoms with Gasteiger partial charge in [-0.05, 0) is 13.3 Å². The van der Waals surface area contributed by atoms with Crippen molar-refractivity contribution in [3.8, 4) is 0 Å². The largest absolute Gasteiger partial charge is 0.381 e. The van der Waals surface area contributed by atoms with Gasteiger partial charge in [-0.15, -0.1) is 0 Å². The molecule has 1 rings (SSSR count). The van der Waals surface area contributed by atoms with Gasteiger partial charge < -0.3 is 15.8 Å². The molecule has 1 aliphatic heterocycles. The average Bonchev–Trinajstić information content (AvgIpc) is 2.55. The summed E-state index contributed by atoms with van der Waals surface area (Å²) in [6.45, 7) is 2.62. The fourth-order valence-corrected chi connectivity index (χ4v) is 1.14. The first-order chi connectivity index (χ1) is 6.11. The molecule has 0 aromatic carbocycles. The molecule has 5 heteroatoms. The number of carbonyl (C=O) groups is 2. The molecular weight excluding hydrogens is 172 g/mol. The van der Waals surface area contributed by atoms with Gasteiger partial charge >= 0.3 is 0 Å². The third kappa shape index (κ3) is 2.69. The Morgan fingerprint density at radius 2 is 2.31 bits per heavy atom. The van der Waals surface area contributed by atoms with E-state index in [4.69, 9.17) is 10.5 Å². The molecule has 0 radical (unpaired) electrons. The van der Waals surface area contributed by atoms with E-state index in [1.165, 1.54) is 0 Å². The first kappa shape index (κ1) is 9.98. The molecular formula is C8H14N2O3. The Balaban J connectivity index is 2.35. The van der Waals surface area contributed by atoms with Gasteiger partial charge in [-0.2, -0.15) is 0 Å². The van der Waals surface area contributed by atoms with Gasteiger partial charge in [0.25, 0.3) is 0 Å². The summed E-state index contributed by atoms with van der Waals surface area (Å²) in [5.41, 5.74) is 5.00. The fraction of sp³-hybridized carbons (Fsp3) is 0.750. The Kier molecular flexibility index (Phi) is 3.25. The molecule has 0 aromatic heterocycles. The fourth-order valence-electron chi connectivity index (χ4n) is 1.14. The Labute approximate surface area is 76.6 Å². The molecule has 0 aliphatic carbocycles. The molecule has 0 bridgehead atoms. The first-order valence-corrected chi connectivity index (χ1v) is 4.28. The quantitative estimate of drug-likeness (QED) is 0.594. The van der Waals surface area contributed by atoms with Crippen LogP contribution < -0.4 is 11.1 Å². The summed E-state index contributed by atoms with van der Waals surface area (Å²) in [5, 5.41) is 2.53. The second kappa shape index (κ2) is 4.23. The van der Waals surface area contributed by atoms with Crippen LogP contribution in [0.25, 0.3) is 0 Å². The van der Waals surface area contributed by atoms with Crippen LogP contribution in [0.1, 0.15) is 13.3 Å². The van der Waals surface area contributed by atoms with Crippen LogP contribution >= 0.6 is 0 Å². The number of hydrogen-bond donors (Lipinski definition) is 2. The second-order valence-electron chi connectivity index (χ2n) is 3.19. The summed E-state index contributed by atoms with van der Waals surface area (Å²) in [5.74, 6) is -0.794. The summed E-state index contributed by atoms with van der Waals surface area (Å²) < 4.78 is 5.04. The molecule has 2 amide bonds. The molecule has 1 heterocycles. The molecule has 0 unspecified atom stereocenters. The van der Waals surface area contributed by atoms with Crippen LogP contribution in [0, 0.1) is 5.92 Å². The van der Waals surface area contributed by atoms with Crippen molar-refractivity contribution in [1.29, 1.82) is 0 Å². The Morgan fingerprint density at radius 1 is 1.62 bits per heavy atom. The highest BCUT2D eigenvalue weighted by Crippen LogP contribution is 2.11. The third-order valence-electron chi connectivity index (χ3n) is 2.09. The number of amides is 2. The van der Waals surface area contributed by atoms with Crippen molar-refractivity contribution < 1.29 is 14.3 Å². The maximum Gasteiger partial charge on any atom is 0.239 e. The molecule has 0 saturated carbocycles. The Bertz CT molecular complexity index is 211. The topological polar surface area (TPSA) is 81.4 Å². The van der Waals surface area contributed by atoms with E-state index < -0.39 is 11.9 Å². The first-order valence-electron chi connectivity index (χ1n) is 4.28. The van der Waals surface area contributed by atoms with Gasteiger partial charge in [0.1, 0.15) is 6.04 Å². The normalized spacial score (nSPS) is 23.9. The summed E-state index contributed by atoms with van der Waals surface area (Å²) in [4.78, 5) is 22.0. The molecule has 5 nitrogen and oxygen atoms in total. The van der Waals surface area contributed by atoms with Gasteiger partial charge in [0.2, 0.25) is 11.8 Å². The van der Waals surface area contributed by atoms with Gasteiger partial charge in [-0.1, -0.05) is 0 Å². The summed E-state index contributed by atoms with van der Waals surface area (Å²) in [7, 11) is 0. The summed E-state index contributed by atoms with van der Waals surface area (Å²) in [6, 6.07) is -0.604. The van der Waals surface area contributed by atoms with Crippen LogP contribution in [0.3, 0.4) is 0 Å². The third-order valence-corrected chi connectivity index (χ3v) is 2.09. The highest BCUT2D eigenvalue weighted by Gasteiger charge is 2.25. The van der Waals surface area contributed by atoms with Crippen LogP contribution in [0.15, 0.2) is 0 Å². The van der Waals surface area contributed by atoms with Crippen molar-refractivity contribution in [2.24, 2.45) is 11.7 Å². The lowest BCUT2D eigenvalue weighted by atomic mass is 10.1. The summed E-state index contributed by atoms with van der Waals surface area (Å²) in [6.07, 6.45) is 0.720. The SMILES string of the molecule is C[C@@H](NC(=O)[C@@H]1CCOC1)C(N)=O. The van der Waals surface area contributed by atoms with Crippen molar-refractivity contribution in [3.05, 3.63) is 0 Å². The summed E-state index contributed by atoms with van der Waals surface area (Å²) >= 11 is 0. The lowest BCUT2D eigenvalue weighted by Gasteiger charge is -2.12. The maximum atomic E-state index is 11.4. The van der Waals surface area contributed by atoms with E-state index in [-0.39, 0.29) is 11.8 Å². The van der Waals surface area contributed by atoms with Crippen molar-refractivity contribution >= 4 is 11.8 Å². The van der Waals surface area contributed by atoms with Crippen LogP contribution in [0.2, 0.25) is 0 Å². The van der Waals surface area contributed by atoms with Gasteiger partial charge in [0.05, 0.1) is 12.5 Å². The highest BCUT2D eigenvalue weighted by atomic mass is 16.5. The van der Waals surface area contributed by atoms with Gasteiger partial charge in [0.15, 0.2) is 0 Å². The Hall–Kier alpha value is -1.10. The minimum absolute atomic E-state index is 0.123. The molecule has 1 aliphatic rings. The smallest absolute Gasteiger partial charge is 0.239 e. The Morgan fingerprint density at radius 3 is 2.77 bits per heavy atom. The van der Waals surface area contributed by atoms with Crippen LogP contribution in [-0.2, 0) is 14.3 Å². The van der Waals surface area contributed by atoms with E-state index in [1.807, 2.05) is 0 Å². The molecule has 2 atom stereocenters. The second-order valence-corrected chi connectivity index (χ2v) is 3.19. The molecule has 1 saturated heterocycles. The van der Waals surface area contributed by atoms with Crippen molar-refractivity contribution in [2.45, 2.75) is 19.4 Å². The number of rotatable bonds is 3.